The Morgan fingerprint density at radius 2 is 1.21 bits per heavy atom. The van der Waals surface area contributed by atoms with Gasteiger partial charge in [-0.3, -0.25) is 0 Å². The third-order valence-corrected chi connectivity index (χ3v) is 6.74. The minimum atomic E-state index is -0.137. The maximum atomic E-state index is 6.10. The molecule has 2 heterocycles. The fourth-order valence-corrected chi connectivity index (χ4v) is 5.19. The van der Waals surface area contributed by atoms with E-state index in [1.807, 2.05) is 0 Å². The van der Waals surface area contributed by atoms with E-state index in [1.165, 1.54) is 22.3 Å². The molecule has 4 heteroatoms. The highest BCUT2D eigenvalue weighted by Crippen LogP contribution is 2.56. The Kier molecular flexibility index (Phi) is 5.21. The molecule has 3 aliphatic rings. The Morgan fingerprint density at radius 3 is 1.62 bits per heavy atom. The minimum Gasteiger partial charge on any atom is -0.378 e. The van der Waals surface area contributed by atoms with Gasteiger partial charge in [-0.1, -0.05) is 62.4 Å². The van der Waals surface area contributed by atoms with Crippen LogP contribution in [0.15, 0.2) is 48.5 Å². The summed E-state index contributed by atoms with van der Waals surface area (Å²) >= 11 is 0. The standard InChI is InChI=1S/C25H30O4/c1-17(11-26-13-19-15-28-19)25(18(2)12-27-14-20-16-29-20)23-9-5-3-7-21(23)22-8-4-6-10-24(22)25/h3-10,17-20H,11-16H2,1-2H3. The van der Waals surface area contributed by atoms with Gasteiger partial charge in [0.15, 0.2) is 0 Å². The van der Waals surface area contributed by atoms with Crippen molar-refractivity contribution in [2.45, 2.75) is 31.5 Å². The maximum absolute atomic E-state index is 6.10. The molecule has 4 nitrogen and oxygen atoms in total. The molecule has 1 aliphatic carbocycles. The highest BCUT2D eigenvalue weighted by Gasteiger charge is 2.50. The van der Waals surface area contributed by atoms with Crippen LogP contribution in [0.4, 0.5) is 0 Å². The summed E-state index contributed by atoms with van der Waals surface area (Å²) < 4.78 is 22.9. The predicted molar refractivity (Wildman–Crippen MR) is 112 cm³/mol. The largest absolute Gasteiger partial charge is 0.378 e. The molecular formula is C25H30O4. The van der Waals surface area contributed by atoms with Crippen LogP contribution in [0.1, 0.15) is 25.0 Å². The zero-order valence-corrected chi connectivity index (χ0v) is 17.3. The Labute approximate surface area is 173 Å². The molecule has 0 spiro atoms. The fourth-order valence-electron chi connectivity index (χ4n) is 5.19. The van der Waals surface area contributed by atoms with Crippen LogP contribution in [0.2, 0.25) is 0 Å². The Morgan fingerprint density at radius 1 is 0.793 bits per heavy atom. The monoisotopic (exact) mass is 394 g/mol. The lowest BCUT2D eigenvalue weighted by molar-refractivity contribution is 0.0273. The van der Waals surface area contributed by atoms with Crippen LogP contribution in [-0.4, -0.2) is 51.8 Å². The molecule has 2 aromatic carbocycles. The van der Waals surface area contributed by atoms with Crippen molar-refractivity contribution in [3.8, 4) is 11.1 Å². The van der Waals surface area contributed by atoms with Gasteiger partial charge in [0.2, 0.25) is 0 Å². The van der Waals surface area contributed by atoms with E-state index in [2.05, 4.69) is 62.4 Å². The molecule has 29 heavy (non-hydrogen) atoms. The number of hydrogen-bond donors (Lipinski definition) is 0. The first kappa shape index (κ1) is 19.3. The van der Waals surface area contributed by atoms with Gasteiger partial charge in [-0.15, -0.1) is 0 Å². The summed E-state index contributed by atoms with van der Waals surface area (Å²) in [6, 6.07) is 17.7. The van der Waals surface area contributed by atoms with Crippen molar-refractivity contribution in [2.24, 2.45) is 11.8 Å². The van der Waals surface area contributed by atoms with Gasteiger partial charge in [0.05, 0.1) is 39.6 Å². The molecule has 4 unspecified atom stereocenters. The molecule has 154 valence electrons. The highest BCUT2D eigenvalue weighted by molar-refractivity contribution is 5.81. The summed E-state index contributed by atoms with van der Waals surface area (Å²) in [7, 11) is 0. The lowest BCUT2D eigenvalue weighted by Gasteiger charge is -2.43. The molecule has 2 aliphatic heterocycles. The van der Waals surface area contributed by atoms with E-state index in [-0.39, 0.29) is 5.41 Å². The number of epoxide rings is 2. The average Bonchev–Trinajstić information content (AvgIpc) is 3.66. The molecule has 0 radical (unpaired) electrons. The normalized spacial score (nSPS) is 25.2. The van der Waals surface area contributed by atoms with Crippen molar-refractivity contribution >= 4 is 0 Å². The van der Waals surface area contributed by atoms with Crippen LogP contribution in [0.3, 0.4) is 0 Å². The molecule has 0 bridgehead atoms. The van der Waals surface area contributed by atoms with E-state index < -0.39 is 0 Å². The number of hydrogen-bond acceptors (Lipinski definition) is 4. The SMILES string of the molecule is CC(COCC1CO1)C1(C(C)COCC2CO2)c2ccccc2-c2ccccc21. The van der Waals surface area contributed by atoms with Crippen LogP contribution in [0, 0.1) is 11.8 Å². The summed E-state index contributed by atoms with van der Waals surface area (Å²) in [5.74, 6) is 0.614. The molecule has 2 saturated heterocycles. The number of ether oxygens (including phenoxy) is 4. The molecule has 0 saturated carbocycles. The van der Waals surface area contributed by atoms with Gasteiger partial charge in [0, 0.05) is 5.41 Å². The smallest absolute Gasteiger partial charge is 0.104 e. The third-order valence-electron chi connectivity index (χ3n) is 6.74. The van der Waals surface area contributed by atoms with Crippen LogP contribution in [-0.2, 0) is 24.4 Å². The predicted octanol–water partition coefficient (Wildman–Crippen LogP) is 4.06. The zero-order chi connectivity index (χ0) is 19.8. The topological polar surface area (TPSA) is 43.5 Å². The van der Waals surface area contributed by atoms with Gasteiger partial charge < -0.3 is 18.9 Å². The Hall–Kier alpha value is -1.72. The molecule has 2 aromatic rings. The van der Waals surface area contributed by atoms with E-state index in [0.717, 1.165) is 13.2 Å². The third kappa shape index (κ3) is 3.53. The zero-order valence-electron chi connectivity index (χ0n) is 17.3. The van der Waals surface area contributed by atoms with Gasteiger partial charge in [-0.2, -0.15) is 0 Å². The lowest BCUT2D eigenvalue weighted by Crippen LogP contribution is -2.44. The summed E-state index contributed by atoms with van der Waals surface area (Å²) in [5, 5.41) is 0. The molecule has 0 aromatic heterocycles. The fraction of sp³-hybridized carbons (Fsp3) is 0.520. The first-order valence-electron chi connectivity index (χ1n) is 10.8. The van der Waals surface area contributed by atoms with E-state index in [4.69, 9.17) is 18.9 Å². The summed E-state index contributed by atoms with van der Waals surface area (Å²) in [5.41, 5.74) is 5.36. The van der Waals surface area contributed by atoms with Crippen LogP contribution >= 0.6 is 0 Å². The van der Waals surface area contributed by atoms with Gasteiger partial charge in [0.25, 0.3) is 0 Å². The summed E-state index contributed by atoms with van der Waals surface area (Å²) in [4.78, 5) is 0. The highest BCUT2D eigenvalue weighted by atomic mass is 16.6. The van der Waals surface area contributed by atoms with E-state index >= 15 is 0 Å². The van der Waals surface area contributed by atoms with Crippen molar-refractivity contribution in [3.05, 3.63) is 59.7 Å². The second-order valence-electron chi connectivity index (χ2n) is 8.75. The minimum absolute atomic E-state index is 0.137. The second kappa shape index (κ2) is 7.84. The molecule has 0 amide bonds. The van der Waals surface area contributed by atoms with E-state index in [9.17, 15) is 0 Å². The quantitative estimate of drug-likeness (QED) is 0.570. The maximum Gasteiger partial charge on any atom is 0.104 e. The first-order valence-corrected chi connectivity index (χ1v) is 10.8. The molecule has 2 fully saturated rings. The second-order valence-corrected chi connectivity index (χ2v) is 8.75. The summed E-state index contributed by atoms with van der Waals surface area (Å²) in [6.07, 6.45) is 0.584. The van der Waals surface area contributed by atoms with Crippen molar-refractivity contribution in [2.75, 3.05) is 39.6 Å². The molecular weight excluding hydrogens is 364 g/mol. The summed E-state index contributed by atoms with van der Waals surface area (Å²) in [6.45, 7) is 9.11. The number of rotatable bonds is 10. The van der Waals surface area contributed by atoms with Crippen LogP contribution in [0.25, 0.3) is 11.1 Å². The first-order chi connectivity index (χ1) is 14.2. The lowest BCUT2D eigenvalue weighted by atomic mass is 9.62. The Balaban J connectivity index is 1.50. The number of benzene rings is 2. The number of fused-ring (bicyclic) bond motifs is 3. The van der Waals surface area contributed by atoms with Gasteiger partial charge in [-0.05, 0) is 34.1 Å². The van der Waals surface area contributed by atoms with Crippen molar-refractivity contribution in [1.29, 1.82) is 0 Å². The average molecular weight is 395 g/mol. The van der Waals surface area contributed by atoms with Crippen LogP contribution in [0.5, 0.6) is 0 Å². The van der Waals surface area contributed by atoms with E-state index in [0.29, 0.717) is 50.5 Å². The van der Waals surface area contributed by atoms with Gasteiger partial charge in [0.1, 0.15) is 12.2 Å². The van der Waals surface area contributed by atoms with Crippen molar-refractivity contribution < 1.29 is 18.9 Å². The molecule has 5 rings (SSSR count). The molecule has 0 N–H and O–H groups in total. The van der Waals surface area contributed by atoms with Gasteiger partial charge >= 0.3 is 0 Å². The Bertz CT molecular complexity index is 784. The van der Waals surface area contributed by atoms with E-state index in [1.54, 1.807) is 0 Å². The van der Waals surface area contributed by atoms with Crippen molar-refractivity contribution in [1.82, 2.24) is 0 Å². The van der Waals surface area contributed by atoms with Gasteiger partial charge in [-0.25, -0.2) is 0 Å². The van der Waals surface area contributed by atoms with Crippen LogP contribution < -0.4 is 0 Å². The molecule has 4 atom stereocenters. The van der Waals surface area contributed by atoms with Crippen molar-refractivity contribution in [3.63, 3.8) is 0 Å².